The van der Waals surface area contributed by atoms with E-state index < -0.39 is 6.10 Å². The Morgan fingerprint density at radius 3 is 2.67 bits per heavy atom. The van der Waals surface area contributed by atoms with Crippen LogP contribution in [0, 0.1) is 5.92 Å². The highest BCUT2D eigenvalue weighted by Crippen LogP contribution is 2.17. The third-order valence-electron chi connectivity index (χ3n) is 2.48. The highest BCUT2D eigenvalue weighted by molar-refractivity contribution is 5.33. The van der Waals surface area contributed by atoms with Gasteiger partial charge in [0, 0.05) is 12.1 Å². The SMILES string of the molecule is CC(C)CNCc1ccccc1OCC(O)CO. The Hall–Kier alpha value is -1.10. The monoisotopic (exact) mass is 253 g/mol. The van der Waals surface area contributed by atoms with E-state index in [4.69, 9.17) is 9.84 Å². The fourth-order valence-corrected chi connectivity index (χ4v) is 1.52. The van der Waals surface area contributed by atoms with E-state index in [1.165, 1.54) is 0 Å². The molecule has 1 rings (SSSR count). The van der Waals surface area contributed by atoms with Gasteiger partial charge in [-0.25, -0.2) is 0 Å². The van der Waals surface area contributed by atoms with Crippen molar-refractivity contribution in [3.05, 3.63) is 29.8 Å². The first-order valence-corrected chi connectivity index (χ1v) is 6.33. The maximum atomic E-state index is 9.27. The minimum absolute atomic E-state index is 0.109. The Labute approximate surface area is 109 Å². The van der Waals surface area contributed by atoms with Gasteiger partial charge in [0.1, 0.15) is 18.5 Å². The van der Waals surface area contributed by atoms with Crippen LogP contribution in [-0.4, -0.2) is 36.1 Å². The average molecular weight is 253 g/mol. The number of benzene rings is 1. The van der Waals surface area contributed by atoms with Crippen molar-refractivity contribution in [3.8, 4) is 5.75 Å². The Morgan fingerprint density at radius 2 is 2.00 bits per heavy atom. The predicted molar refractivity (Wildman–Crippen MR) is 71.6 cm³/mol. The summed E-state index contributed by atoms with van der Waals surface area (Å²) in [4.78, 5) is 0. The largest absolute Gasteiger partial charge is 0.490 e. The number of rotatable bonds is 8. The minimum atomic E-state index is -0.832. The van der Waals surface area contributed by atoms with Gasteiger partial charge in [-0.3, -0.25) is 0 Å². The van der Waals surface area contributed by atoms with E-state index in [1.54, 1.807) is 0 Å². The highest BCUT2D eigenvalue weighted by Gasteiger charge is 2.06. The van der Waals surface area contributed by atoms with E-state index in [9.17, 15) is 5.11 Å². The first-order valence-electron chi connectivity index (χ1n) is 6.33. The van der Waals surface area contributed by atoms with Crippen LogP contribution in [0.3, 0.4) is 0 Å². The van der Waals surface area contributed by atoms with Gasteiger partial charge in [-0.2, -0.15) is 0 Å². The summed E-state index contributed by atoms with van der Waals surface area (Å²) in [6.45, 7) is 5.84. The molecule has 18 heavy (non-hydrogen) atoms. The molecule has 0 aliphatic carbocycles. The third kappa shape index (κ3) is 5.49. The van der Waals surface area contributed by atoms with E-state index in [0.29, 0.717) is 5.92 Å². The molecule has 0 bridgehead atoms. The number of aliphatic hydroxyl groups excluding tert-OH is 2. The summed E-state index contributed by atoms with van der Waals surface area (Å²) in [5, 5.41) is 21.4. The van der Waals surface area contributed by atoms with E-state index in [-0.39, 0.29) is 13.2 Å². The molecule has 3 N–H and O–H groups in total. The summed E-state index contributed by atoms with van der Waals surface area (Å²) in [6.07, 6.45) is -0.832. The number of ether oxygens (including phenoxy) is 1. The second kappa shape index (κ2) is 8.08. The van der Waals surface area contributed by atoms with Crippen LogP contribution in [-0.2, 0) is 6.54 Å². The second-order valence-electron chi connectivity index (χ2n) is 4.78. The first kappa shape index (κ1) is 15.0. The van der Waals surface area contributed by atoms with E-state index in [1.807, 2.05) is 24.3 Å². The molecule has 0 heterocycles. The molecular formula is C14H23NO3. The van der Waals surface area contributed by atoms with Crippen molar-refractivity contribution in [2.45, 2.75) is 26.5 Å². The van der Waals surface area contributed by atoms with Crippen molar-refractivity contribution >= 4 is 0 Å². The summed E-state index contributed by atoms with van der Waals surface area (Å²) >= 11 is 0. The molecule has 0 radical (unpaired) electrons. The molecule has 1 aromatic carbocycles. The number of hydrogen-bond donors (Lipinski definition) is 3. The van der Waals surface area contributed by atoms with Gasteiger partial charge in [0.15, 0.2) is 0 Å². The fourth-order valence-electron chi connectivity index (χ4n) is 1.52. The summed E-state index contributed by atoms with van der Waals surface area (Å²) in [6, 6.07) is 7.72. The zero-order valence-corrected chi connectivity index (χ0v) is 11.1. The smallest absolute Gasteiger partial charge is 0.123 e. The number of hydrogen-bond acceptors (Lipinski definition) is 4. The normalized spacial score (nSPS) is 12.7. The number of aliphatic hydroxyl groups is 2. The molecule has 0 aliphatic rings. The van der Waals surface area contributed by atoms with Crippen LogP contribution < -0.4 is 10.1 Å². The molecule has 0 amide bonds. The second-order valence-corrected chi connectivity index (χ2v) is 4.78. The molecule has 102 valence electrons. The molecule has 0 aromatic heterocycles. The van der Waals surface area contributed by atoms with Crippen LogP contribution >= 0.6 is 0 Å². The molecule has 1 atom stereocenters. The van der Waals surface area contributed by atoms with Gasteiger partial charge in [0.05, 0.1) is 6.61 Å². The lowest BCUT2D eigenvalue weighted by molar-refractivity contribution is 0.0532. The van der Waals surface area contributed by atoms with Gasteiger partial charge in [-0.05, 0) is 18.5 Å². The van der Waals surface area contributed by atoms with Gasteiger partial charge in [-0.15, -0.1) is 0 Å². The van der Waals surface area contributed by atoms with Crippen molar-refractivity contribution in [3.63, 3.8) is 0 Å². The van der Waals surface area contributed by atoms with Crippen LogP contribution in [0.5, 0.6) is 5.75 Å². The summed E-state index contributed by atoms with van der Waals surface area (Å²) in [5.41, 5.74) is 1.06. The molecule has 1 aromatic rings. The lowest BCUT2D eigenvalue weighted by Gasteiger charge is -2.14. The predicted octanol–water partition coefficient (Wildman–Crippen LogP) is 1.16. The van der Waals surface area contributed by atoms with Crippen LogP contribution in [0.1, 0.15) is 19.4 Å². The molecule has 0 saturated carbocycles. The van der Waals surface area contributed by atoms with Crippen molar-refractivity contribution in [2.75, 3.05) is 19.8 Å². The average Bonchev–Trinajstić information content (AvgIpc) is 2.36. The van der Waals surface area contributed by atoms with Crippen LogP contribution in [0.2, 0.25) is 0 Å². The van der Waals surface area contributed by atoms with Crippen LogP contribution in [0.25, 0.3) is 0 Å². The Morgan fingerprint density at radius 1 is 1.28 bits per heavy atom. The topological polar surface area (TPSA) is 61.7 Å². The number of nitrogens with one attached hydrogen (secondary N) is 1. The van der Waals surface area contributed by atoms with Crippen molar-refractivity contribution in [1.29, 1.82) is 0 Å². The summed E-state index contributed by atoms with van der Waals surface area (Å²) in [7, 11) is 0. The molecule has 0 aliphatic heterocycles. The van der Waals surface area contributed by atoms with Crippen LogP contribution in [0.15, 0.2) is 24.3 Å². The highest BCUT2D eigenvalue weighted by atomic mass is 16.5. The zero-order valence-electron chi connectivity index (χ0n) is 11.1. The van der Waals surface area contributed by atoms with Gasteiger partial charge in [-0.1, -0.05) is 32.0 Å². The zero-order chi connectivity index (χ0) is 13.4. The van der Waals surface area contributed by atoms with Crippen LogP contribution in [0.4, 0.5) is 0 Å². The molecule has 0 spiro atoms. The molecule has 0 saturated heterocycles. The van der Waals surface area contributed by atoms with Crippen molar-refractivity contribution in [2.24, 2.45) is 5.92 Å². The van der Waals surface area contributed by atoms with E-state index >= 15 is 0 Å². The first-order chi connectivity index (χ1) is 8.63. The molecule has 4 nitrogen and oxygen atoms in total. The lowest BCUT2D eigenvalue weighted by Crippen LogP contribution is -2.23. The number of para-hydroxylation sites is 1. The quantitative estimate of drug-likeness (QED) is 0.651. The van der Waals surface area contributed by atoms with Gasteiger partial charge in [0.25, 0.3) is 0 Å². The maximum Gasteiger partial charge on any atom is 0.123 e. The van der Waals surface area contributed by atoms with Crippen molar-refractivity contribution in [1.82, 2.24) is 5.32 Å². The molecule has 0 fully saturated rings. The fraction of sp³-hybridized carbons (Fsp3) is 0.571. The summed E-state index contributed by atoms with van der Waals surface area (Å²) in [5.74, 6) is 1.36. The van der Waals surface area contributed by atoms with Gasteiger partial charge >= 0.3 is 0 Å². The summed E-state index contributed by atoms with van der Waals surface area (Å²) < 4.78 is 5.50. The molecule has 4 heteroatoms. The lowest BCUT2D eigenvalue weighted by atomic mass is 10.2. The van der Waals surface area contributed by atoms with Gasteiger partial charge < -0.3 is 20.3 Å². The Bertz CT molecular complexity index is 342. The van der Waals surface area contributed by atoms with E-state index in [2.05, 4.69) is 19.2 Å². The minimum Gasteiger partial charge on any atom is -0.490 e. The van der Waals surface area contributed by atoms with Gasteiger partial charge in [0.2, 0.25) is 0 Å². The third-order valence-corrected chi connectivity index (χ3v) is 2.48. The maximum absolute atomic E-state index is 9.27. The van der Waals surface area contributed by atoms with E-state index in [0.717, 1.165) is 24.4 Å². The Balaban J connectivity index is 2.50. The molecular weight excluding hydrogens is 230 g/mol. The molecule has 1 unspecified atom stereocenters. The Kier molecular flexibility index (Phi) is 6.72. The van der Waals surface area contributed by atoms with Crippen molar-refractivity contribution < 1.29 is 14.9 Å². The standard InChI is InChI=1S/C14H23NO3/c1-11(2)7-15-8-12-5-3-4-6-14(12)18-10-13(17)9-16/h3-6,11,13,15-17H,7-10H2,1-2H3.